The largest absolute Gasteiger partial charge is 0.391 e. The van der Waals surface area contributed by atoms with Crippen LogP contribution in [0.15, 0.2) is 53.7 Å². The number of halogens is 1. The third-order valence-corrected chi connectivity index (χ3v) is 4.18. The number of anilines is 1. The Kier molecular flexibility index (Phi) is 5.80. The molecule has 1 heterocycles. The zero-order chi connectivity index (χ0) is 18.4. The van der Waals surface area contributed by atoms with Crippen LogP contribution in [0.5, 0.6) is 0 Å². The van der Waals surface area contributed by atoms with E-state index in [2.05, 4.69) is 26.0 Å². The van der Waals surface area contributed by atoms with Crippen LogP contribution in [0, 0.1) is 0 Å². The maximum atomic E-state index is 6.32. The summed E-state index contributed by atoms with van der Waals surface area (Å²) in [6, 6.07) is 15.6. The van der Waals surface area contributed by atoms with Gasteiger partial charge in [0.25, 0.3) is 0 Å². The molecule has 0 aliphatic carbocycles. The summed E-state index contributed by atoms with van der Waals surface area (Å²) in [5.74, 6) is 0.572. The summed E-state index contributed by atoms with van der Waals surface area (Å²) in [5.41, 5.74) is 3.66. The van der Waals surface area contributed by atoms with Gasteiger partial charge in [-0.05, 0) is 46.2 Å². The summed E-state index contributed by atoms with van der Waals surface area (Å²) in [6.45, 7) is 2.77. The van der Waals surface area contributed by atoms with Gasteiger partial charge in [0.1, 0.15) is 6.61 Å². The van der Waals surface area contributed by atoms with Gasteiger partial charge in [-0.25, -0.2) is 4.68 Å². The van der Waals surface area contributed by atoms with Gasteiger partial charge in [-0.2, -0.15) is 0 Å². The number of hydrogen-bond donors (Lipinski definition) is 1. The van der Waals surface area contributed by atoms with Crippen molar-refractivity contribution in [1.29, 1.82) is 0 Å². The van der Waals surface area contributed by atoms with E-state index in [9.17, 15) is 0 Å². The third kappa shape index (κ3) is 4.37. The lowest BCUT2D eigenvalue weighted by atomic mass is 10.1. The quantitative estimate of drug-likeness (QED) is 0.509. The molecule has 1 aromatic heterocycles. The van der Waals surface area contributed by atoms with Gasteiger partial charge in [-0.15, -0.1) is 0 Å². The highest BCUT2D eigenvalue weighted by molar-refractivity contribution is 6.31. The predicted octanol–water partition coefficient (Wildman–Crippen LogP) is 3.36. The number of aromatic nitrogens is 4. The fourth-order valence-corrected chi connectivity index (χ4v) is 2.58. The Balaban J connectivity index is 1.72. The van der Waals surface area contributed by atoms with E-state index >= 15 is 0 Å². The Bertz CT molecular complexity index is 894. The van der Waals surface area contributed by atoms with Gasteiger partial charge in [-0.3, -0.25) is 0 Å². The molecule has 7 nitrogen and oxygen atoms in total. The molecular weight excluding hydrogens is 352 g/mol. The molecule has 0 saturated heterocycles. The molecule has 1 N–H and O–H groups in total. The smallest absolute Gasteiger partial charge is 0.242 e. The van der Waals surface area contributed by atoms with Crippen LogP contribution < -0.4 is 5.32 Å². The van der Waals surface area contributed by atoms with E-state index in [0.29, 0.717) is 24.1 Å². The minimum Gasteiger partial charge on any atom is -0.391 e. The number of rotatable bonds is 7. The van der Waals surface area contributed by atoms with E-state index < -0.39 is 0 Å². The fraction of sp³-hybridized carbons (Fsp3) is 0.222. The zero-order valence-electron chi connectivity index (χ0n) is 14.6. The van der Waals surface area contributed by atoms with Crippen LogP contribution in [-0.2, 0) is 18.0 Å². The number of nitrogens with one attached hydrogen (secondary N) is 1. The van der Waals surface area contributed by atoms with Crippen molar-refractivity contribution in [3.05, 3.63) is 70.2 Å². The Labute approximate surface area is 156 Å². The standard InChI is InChI=1S/C18H19ClN6O/c1-13(22-26-12-14-6-4-3-5-7-14)15-8-9-17(19)16(10-15)11-25-18(20-2)21-23-24-25/h3-10H,11-12H2,1-2H3,(H,20,21,24). The molecule has 0 radical (unpaired) electrons. The highest BCUT2D eigenvalue weighted by atomic mass is 35.5. The molecule has 0 bridgehead atoms. The van der Waals surface area contributed by atoms with Crippen molar-refractivity contribution in [3.63, 3.8) is 0 Å². The topological polar surface area (TPSA) is 77.2 Å². The zero-order valence-corrected chi connectivity index (χ0v) is 15.3. The lowest BCUT2D eigenvalue weighted by Gasteiger charge is -2.09. The summed E-state index contributed by atoms with van der Waals surface area (Å²) in [6.07, 6.45) is 0. The first kappa shape index (κ1) is 17.9. The van der Waals surface area contributed by atoms with Gasteiger partial charge in [0.2, 0.25) is 5.95 Å². The van der Waals surface area contributed by atoms with E-state index in [0.717, 1.165) is 22.4 Å². The summed E-state index contributed by atoms with van der Waals surface area (Å²) in [7, 11) is 1.76. The lowest BCUT2D eigenvalue weighted by molar-refractivity contribution is 0.130. The lowest BCUT2D eigenvalue weighted by Crippen LogP contribution is -2.08. The molecule has 0 saturated carbocycles. The average molecular weight is 371 g/mol. The molecule has 0 fully saturated rings. The van der Waals surface area contributed by atoms with Gasteiger partial charge in [0.15, 0.2) is 0 Å². The number of nitrogens with zero attached hydrogens (tertiary/aromatic N) is 5. The Morgan fingerprint density at radius 1 is 1.23 bits per heavy atom. The first-order chi connectivity index (χ1) is 12.7. The van der Waals surface area contributed by atoms with E-state index in [1.165, 1.54) is 0 Å². The van der Waals surface area contributed by atoms with Crippen LogP contribution in [0.4, 0.5) is 5.95 Å². The van der Waals surface area contributed by atoms with Crippen molar-refractivity contribution in [2.24, 2.45) is 5.16 Å². The predicted molar refractivity (Wildman–Crippen MR) is 101 cm³/mol. The molecule has 0 unspecified atom stereocenters. The molecule has 0 atom stereocenters. The summed E-state index contributed by atoms with van der Waals surface area (Å²) in [5, 5.41) is 19.3. The van der Waals surface area contributed by atoms with Gasteiger partial charge < -0.3 is 10.2 Å². The monoisotopic (exact) mass is 370 g/mol. The average Bonchev–Trinajstić information content (AvgIpc) is 3.11. The van der Waals surface area contributed by atoms with E-state index in [4.69, 9.17) is 16.4 Å². The summed E-state index contributed by atoms with van der Waals surface area (Å²) in [4.78, 5) is 5.46. The van der Waals surface area contributed by atoms with E-state index in [1.807, 2.05) is 55.5 Å². The molecule has 26 heavy (non-hydrogen) atoms. The van der Waals surface area contributed by atoms with Gasteiger partial charge >= 0.3 is 0 Å². The molecule has 0 aliphatic heterocycles. The first-order valence-corrected chi connectivity index (χ1v) is 8.48. The number of benzene rings is 2. The van der Waals surface area contributed by atoms with E-state index in [-0.39, 0.29) is 0 Å². The Morgan fingerprint density at radius 2 is 2.04 bits per heavy atom. The number of oxime groups is 1. The molecule has 134 valence electrons. The van der Waals surface area contributed by atoms with Crippen LogP contribution in [0.3, 0.4) is 0 Å². The van der Waals surface area contributed by atoms with Gasteiger partial charge in [0, 0.05) is 12.1 Å². The second kappa shape index (κ2) is 8.44. The van der Waals surface area contributed by atoms with Crippen LogP contribution in [-0.4, -0.2) is 33.0 Å². The normalized spacial score (nSPS) is 11.4. The van der Waals surface area contributed by atoms with Crippen molar-refractivity contribution in [2.45, 2.75) is 20.1 Å². The van der Waals surface area contributed by atoms with Crippen molar-refractivity contribution in [3.8, 4) is 0 Å². The van der Waals surface area contributed by atoms with Crippen molar-refractivity contribution < 1.29 is 4.84 Å². The molecule has 0 spiro atoms. The highest BCUT2D eigenvalue weighted by Gasteiger charge is 2.09. The summed E-state index contributed by atoms with van der Waals surface area (Å²) < 4.78 is 1.64. The van der Waals surface area contributed by atoms with Crippen molar-refractivity contribution in [2.75, 3.05) is 12.4 Å². The van der Waals surface area contributed by atoms with Crippen LogP contribution in [0.1, 0.15) is 23.6 Å². The molecule has 0 amide bonds. The number of hydrogen-bond acceptors (Lipinski definition) is 6. The number of tetrazole rings is 1. The Morgan fingerprint density at radius 3 is 2.81 bits per heavy atom. The molecular formula is C18H19ClN6O. The molecule has 3 aromatic rings. The van der Waals surface area contributed by atoms with E-state index in [1.54, 1.807) is 11.7 Å². The van der Waals surface area contributed by atoms with Crippen LogP contribution in [0.25, 0.3) is 0 Å². The molecule has 3 rings (SSSR count). The molecule has 8 heteroatoms. The first-order valence-electron chi connectivity index (χ1n) is 8.10. The second-order valence-electron chi connectivity index (χ2n) is 5.65. The van der Waals surface area contributed by atoms with Crippen molar-refractivity contribution >= 4 is 23.3 Å². The van der Waals surface area contributed by atoms with Crippen LogP contribution in [0.2, 0.25) is 5.02 Å². The maximum absolute atomic E-state index is 6.32. The van der Waals surface area contributed by atoms with Crippen LogP contribution >= 0.6 is 11.6 Å². The van der Waals surface area contributed by atoms with Crippen molar-refractivity contribution in [1.82, 2.24) is 20.2 Å². The SMILES string of the molecule is CNc1nnnn1Cc1cc(C(C)=NOCc2ccccc2)ccc1Cl. The Hall–Kier alpha value is -2.93. The second-order valence-corrected chi connectivity index (χ2v) is 6.06. The highest BCUT2D eigenvalue weighted by Crippen LogP contribution is 2.20. The minimum absolute atomic E-state index is 0.425. The third-order valence-electron chi connectivity index (χ3n) is 3.81. The molecule has 0 aliphatic rings. The fourth-order valence-electron chi connectivity index (χ4n) is 2.40. The summed E-state index contributed by atoms with van der Waals surface area (Å²) >= 11 is 6.32. The molecule has 2 aromatic carbocycles. The minimum atomic E-state index is 0.425. The van der Waals surface area contributed by atoms with Gasteiger partial charge in [-0.1, -0.05) is 58.3 Å². The van der Waals surface area contributed by atoms with Gasteiger partial charge in [0.05, 0.1) is 12.3 Å². The maximum Gasteiger partial charge on any atom is 0.242 e.